The van der Waals surface area contributed by atoms with Crippen molar-refractivity contribution in [2.75, 3.05) is 0 Å². The van der Waals surface area contributed by atoms with Crippen molar-refractivity contribution in [1.29, 1.82) is 0 Å². The molecule has 22 heavy (non-hydrogen) atoms. The minimum absolute atomic E-state index is 0.102. The number of hydrogen-bond donors (Lipinski definition) is 2. The summed E-state index contributed by atoms with van der Waals surface area (Å²) in [5.41, 5.74) is 5.96. The van der Waals surface area contributed by atoms with E-state index in [1.807, 2.05) is 25.1 Å². The summed E-state index contributed by atoms with van der Waals surface area (Å²) in [5, 5.41) is 5.34. The quantitative estimate of drug-likeness (QED) is 0.662. The molecule has 4 rings (SSSR count). The third kappa shape index (κ3) is 2.23. The number of aryl methyl sites for hydroxylation is 1. The first-order chi connectivity index (χ1) is 10.8. The second-order valence-corrected chi connectivity index (χ2v) is 6.58. The predicted octanol–water partition coefficient (Wildman–Crippen LogP) is 3.36. The van der Waals surface area contributed by atoms with Gasteiger partial charge in [-0.15, -0.1) is 0 Å². The van der Waals surface area contributed by atoms with E-state index in [4.69, 9.17) is 0 Å². The van der Waals surface area contributed by atoms with Crippen molar-refractivity contribution in [1.82, 2.24) is 10.4 Å². The van der Waals surface area contributed by atoms with Gasteiger partial charge in [-0.3, -0.25) is 4.79 Å². The van der Waals surface area contributed by atoms with Crippen LogP contribution in [0.15, 0.2) is 29.4 Å². The Morgan fingerprint density at radius 3 is 2.77 bits per heavy atom. The highest BCUT2D eigenvalue weighted by Gasteiger charge is 2.54. The van der Waals surface area contributed by atoms with Crippen LogP contribution in [0.5, 0.6) is 0 Å². The number of aromatic amines is 1. The van der Waals surface area contributed by atoms with Crippen LogP contribution in [0.3, 0.4) is 0 Å². The molecule has 2 aliphatic rings. The molecule has 1 heterocycles. The van der Waals surface area contributed by atoms with Crippen molar-refractivity contribution in [3.05, 3.63) is 35.5 Å². The predicted molar refractivity (Wildman–Crippen MR) is 87.7 cm³/mol. The number of carbonyl (C=O) groups excluding carboxylic acids is 1. The lowest BCUT2D eigenvalue weighted by Crippen LogP contribution is -2.20. The summed E-state index contributed by atoms with van der Waals surface area (Å²) in [7, 11) is 0. The number of para-hydroxylation sites is 1. The van der Waals surface area contributed by atoms with E-state index in [1.165, 1.54) is 25.7 Å². The molecule has 2 aliphatic carbocycles. The van der Waals surface area contributed by atoms with Gasteiger partial charge in [0.2, 0.25) is 5.91 Å². The summed E-state index contributed by atoms with van der Waals surface area (Å²) < 4.78 is 0. The fraction of sp³-hybridized carbons (Fsp3) is 0.444. The highest BCUT2D eigenvalue weighted by Crippen LogP contribution is 2.55. The van der Waals surface area contributed by atoms with E-state index in [9.17, 15) is 4.79 Å². The fourth-order valence-electron chi connectivity index (χ4n) is 4.08. The molecule has 2 N–H and O–H groups in total. The van der Waals surface area contributed by atoms with Crippen molar-refractivity contribution in [2.24, 2.45) is 22.9 Å². The molecule has 4 nitrogen and oxygen atoms in total. The fourth-order valence-corrected chi connectivity index (χ4v) is 4.08. The number of amides is 1. The lowest BCUT2D eigenvalue weighted by atomic mass is 10.0. The number of nitrogens with one attached hydrogen (secondary N) is 2. The molecule has 2 fully saturated rings. The minimum atomic E-state index is 0.102. The topological polar surface area (TPSA) is 57.2 Å². The summed E-state index contributed by atoms with van der Waals surface area (Å²) in [6, 6.07) is 8.14. The van der Waals surface area contributed by atoms with Crippen LogP contribution < -0.4 is 5.43 Å². The number of fused-ring (bicyclic) bond motifs is 2. The second kappa shape index (κ2) is 5.27. The number of rotatable bonds is 3. The normalized spacial score (nSPS) is 27.0. The summed E-state index contributed by atoms with van der Waals surface area (Å²) >= 11 is 0. The highest BCUT2D eigenvalue weighted by atomic mass is 16.2. The first-order valence-corrected chi connectivity index (χ1v) is 8.16. The van der Waals surface area contributed by atoms with Gasteiger partial charge in [-0.1, -0.05) is 31.0 Å². The summed E-state index contributed by atoms with van der Waals surface area (Å²) in [4.78, 5) is 15.6. The zero-order chi connectivity index (χ0) is 15.1. The van der Waals surface area contributed by atoms with E-state index >= 15 is 0 Å². The maximum absolute atomic E-state index is 12.2. The Labute approximate surface area is 130 Å². The maximum Gasteiger partial charge on any atom is 0.243 e. The van der Waals surface area contributed by atoms with Crippen LogP contribution >= 0.6 is 0 Å². The summed E-state index contributed by atoms with van der Waals surface area (Å²) in [6.07, 6.45) is 6.76. The summed E-state index contributed by atoms with van der Waals surface area (Å²) in [6.45, 7) is 2.03. The van der Waals surface area contributed by atoms with Crippen molar-refractivity contribution in [3.8, 4) is 0 Å². The van der Waals surface area contributed by atoms with Gasteiger partial charge in [-0.2, -0.15) is 5.10 Å². The van der Waals surface area contributed by atoms with Gasteiger partial charge in [0, 0.05) is 28.1 Å². The highest BCUT2D eigenvalue weighted by molar-refractivity contribution is 6.00. The van der Waals surface area contributed by atoms with Crippen LogP contribution in [0, 0.1) is 24.7 Å². The molecule has 2 atom stereocenters. The standard InChI is InChI=1S/C18H21N3O/c1-11-15(12-6-4-5-9-16(12)20-11)10-19-21-18(22)17-13-7-2-3-8-14(13)17/h4-6,9-10,13-14,17,20H,2-3,7-8H2,1H3,(H,21,22)/b19-10+/t13-,14-/m1/s1. The van der Waals surface area contributed by atoms with E-state index in [0.717, 1.165) is 22.2 Å². The number of hydrazone groups is 1. The Balaban J connectivity index is 1.45. The molecule has 0 saturated heterocycles. The summed E-state index contributed by atoms with van der Waals surface area (Å²) in [5.74, 6) is 1.56. The molecule has 0 aliphatic heterocycles. The number of H-pyrrole nitrogens is 1. The van der Waals surface area contributed by atoms with Gasteiger partial charge >= 0.3 is 0 Å². The van der Waals surface area contributed by atoms with Crippen LogP contribution in [0.1, 0.15) is 36.9 Å². The van der Waals surface area contributed by atoms with Gasteiger partial charge < -0.3 is 4.98 Å². The smallest absolute Gasteiger partial charge is 0.243 e. The van der Waals surface area contributed by atoms with E-state index < -0.39 is 0 Å². The lowest BCUT2D eigenvalue weighted by Gasteiger charge is -2.04. The van der Waals surface area contributed by atoms with Gasteiger partial charge in [0.1, 0.15) is 0 Å². The Morgan fingerprint density at radius 2 is 2.00 bits per heavy atom. The Morgan fingerprint density at radius 1 is 1.27 bits per heavy atom. The van der Waals surface area contributed by atoms with Crippen molar-refractivity contribution >= 4 is 23.0 Å². The third-order valence-electron chi connectivity index (χ3n) is 5.27. The molecule has 4 heteroatoms. The van der Waals surface area contributed by atoms with Gasteiger partial charge in [0.15, 0.2) is 0 Å². The Kier molecular flexibility index (Phi) is 3.25. The molecule has 0 bridgehead atoms. The lowest BCUT2D eigenvalue weighted by molar-refractivity contribution is -0.122. The van der Waals surface area contributed by atoms with Gasteiger partial charge in [-0.25, -0.2) is 5.43 Å². The zero-order valence-corrected chi connectivity index (χ0v) is 12.8. The SMILES string of the molecule is Cc1[nH]c2ccccc2c1/C=N/NC(=O)C1[C@@H]2CCCC[C@@H]12. The Hall–Kier alpha value is -2.10. The number of aromatic nitrogens is 1. The van der Waals surface area contributed by atoms with E-state index in [1.54, 1.807) is 6.21 Å². The minimum Gasteiger partial charge on any atom is -0.358 e. The first kappa shape index (κ1) is 13.6. The first-order valence-electron chi connectivity index (χ1n) is 8.16. The molecule has 0 unspecified atom stereocenters. The molecule has 1 aromatic carbocycles. The molecule has 2 aromatic rings. The van der Waals surface area contributed by atoms with Gasteiger partial charge in [0.05, 0.1) is 6.21 Å². The number of hydrogen-bond acceptors (Lipinski definition) is 2. The molecular formula is C18H21N3O. The zero-order valence-electron chi connectivity index (χ0n) is 12.8. The largest absolute Gasteiger partial charge is 0.358 e. The van der Waals surface area contributed by atoms with Crippen molar-refractivity contribution in [2.45, 2.75) is 32.6 Å². The van der Waals surface area contributed by atoms with Gasteiger partial charge in [-0.05, 0) is 37.7 Å². The van der Waals surface area contributed by atoms with Gasteiger partial charge in [0.25, 0.3) is 0 Å². The number of nitrogens with zero attached hydrogens (tertiary/aromatic N) is 1. The molecule has 114 valence electrons. The molecule has 1 aromatic heterocycles. The molecular weight excluding hydrogens is 274 g/mol. The van der Waals surface area contributed by atoms with Crippen molar-refractivity contribution < 1.29 is 4.79 Å². The third-order valence-corrected chi connectivity index (χ3v) is 5.27. The van der Waals surface area contributed by atoms with Crippen LogP contribution in [0.2, 0.25) is 0 Å². The maximum atomic E-state index is 12.2. The van der Waals surface area contributed by atoms with Crippen LogP contribution in [0.4, 0.5) is 0 Å². The average molecular weight is 295 g/mol. The molecule has 0 spiro atoms. The van der Waals surface area contributed by atoms with Crippen LogP contribution in [-0.4, -0.2) is 17.1 Å². The Bertz CT molecular complexity index is 734. The van der Waals surface area contributed by atoms with E-state index in [-0.39, 0.29) is 11.8 Å². The average Bonchev–Trinajstić information content (AvgIpc) is 3.18. The number of carbonyl (C=O) groups is 1. The molecule has 0 radical (unpaired) electrons. The monoisotopic (exact) mass is 295 g/mol. The van der Waals surface area contributed by atoms with Crippen LogP contribution in [0.25, 0.3) is 10.9 Å². The molecule has 1 amide bonds. The van der Waals surface area contributed by atoms with Crippen molar-refractivity contribution in [3.63, 3.8) is 0 Å². The molecule has 2 saturated carbocycles. The van der Waals surface area contributed by atoms with E-state index in [0.29, 0.717) is 11.8 Å². The van der Waals surface area contributed by atoms with E-state index in [2.05, 4.69) is 21.6 Å². The van der Waals surface area contributed by atoms with Crippen LogP contribution in [-0.2, 0) is 4.79 Å². The second-order valence-electron chi connectivity index (χ2n) is 6.58. The number of benzene rings is 1.